The van der Waals surface area contributed by atoms with Crippen LogP contribution in [0.1, 0.15) is 11.3 Å². The van der Waals surface area contributed by atoms with Crippen LogP contribution in [0.3, 0.4) is 0 Å². The molecule has 1 aromatic carbocycles. The third-order valence-corrected chi connectivity index (χ3v) is 4.72. The van der Waals surface area contributed by atoms with Gasteiger partial charge < -0.3 is 5.32 Å². The molecule has 0 saturated carbocycles. The van der Waals surface area contributed by atoms with E-state index in [1.54, 1.807) is 18.6 Å². The van der Waals surface area contributed by atoms with E-state index in [1.165, 1.54) is 11.3 Å². The number of pyridine rings is 1. The van der Waals surface area contributed by atoms with E-state index in [0.29, 0.717) is 5.56 Å². The standard InChI is InChI=1S/C19H14N6S/c1-13-4-2-7-16(22-13)23-19-24-17(15-6-3-5-14(10-15)11-20)18(26-19)25-9-8-21-12-25/h2-10,12H,1H3,(H,22,23,24). The summed E-state index contributed by atoms with van der Waals surface area (Å²) in [7, 11) is 0. The van der Waals surface area contributed by atoms with Gasteiger partial charge in [-0.15, -0.1) is 0 Å². The molecule has 6 nitrogen and oxygen atoms in total. The number of rotatable bonds is 4. The van der Waals surface area contributed by atoms with E-state index in [0.717, 1.165) is 32.9 Å². The van der Waals surface area contributed by atoms with E-state index in [1.807, 2.05) is 54.1 Å². The highest BCUT2D eigenvalue weighted by Crippen LogP contribution is 2.35. The zero-order valence-corrected chi connectivity index (χ0v) is 14.7. The minimum absolute atomic E-state index is 0.599. The van der Waals surface area contributed by atoms with Gasteiger partial charge in [-0.2, -0.15) is 5.26 Å². The molecule has 0 fully saturated rings. The van der Waals surface area contributed by atoms with Crippen molar-refractivity contribution in [2.75, 3.05) is 5.32 Å². The molecule has 0 bridgehead atoms. The second-order valence-corrected chi connectivity index (χ2v) is 6.60. The van der Waals surface area contributed by atoms with Gasteiger partial charge in [0.15, 0.2) is 5.13 Å². The highest BCUT2D eigenvalue weighted by atomic mass is 32.1. The molecule has 0 unspecified atom stereocenters. The summed E-state index contributed by atoms with van der Waals surface area (Å²) in [6.07, 6.45) is 5.34. The lowest BCUT2D eigenvalue weighted by molar-refractivity contribution is 1.08. The van der Waals surface area contributed by atoms with Crippen molar-refractivity contribution in [2.24, 2.45) is 0 Å². The van der Waals surface area contributed by atoms with Crippen LogP contribution in [0.25, 0.3) is 16.3 Å². The van der Waals surface area contributed by atoms with Crippen molar-refractivity contribution in [3.05, 3.63) is 72.4 Å². The lowest BCUT2D eigenvalue weighted by Gasteiger charge is -2.03. The first-order valence-corrected chi connectivity index (χ1v) is 8.75. The molecular weight excluding hydrogens is 344 g/mol. The van der Waals surface area contributed by atoms with E-state index < -0.39 is 0 Å². The fourth-order valence-electron chi connectivity index (χ4n) is 2.57. The number of anilines is 2. The number of aromatic nitrogens is 4. The zero-order valence-electron chi connectivity index (χ0n) is 13.9. The minimum atomic E-state index is 0.599. The Kier molecular flexibility index (Phi) is 4.17. The van der Waals surface area contributed by atoms with Gasteiger partial charge in [-0.05, 0) is 31.2 Å². The number of thiazole rings is 1. The van der Waals surface area contributed by atoms with Gasteiger partial charge in [0, 0.05) is 23.7 Å². The Labute approximate surface area is 154 Å². The van der Waals surface area contributed by atoms with Crippen LogP contribution >= 0.6 is 11.3 Å². The summed E-state index contributed by atoms with van der Waals surface area (Å²) in [5, 5.41) is 14.1. The van der Waals surface area contributed by atoms with E-state index in [4.69, 9.17) is 4.98 Å². The number of nitriles is 1. The summed E-state index contributed by atoms with van der Waals surface area (Å²) in [6, 6.07) is 15.4. The summed E-state index contributed by atoms with van der Waals surface area (Å²) in [6.45, 7) is 1.95. The van der Waals surface area contributed by atoms with Gasteiger partial charge in [0.1, 0.15) is 16.5 Å². The van der Waals surface area contributed by atoms with Crippen LogP contribution in [0.2, 0.25) is 0 Å². The van der Waals surface area contributed by atoms with Crippen molar-refractivity contribution in [3.8, 4) is 22.3 Å². The third-order valence-electron chi connectivity index (χ3n) is 3.74. The summed E-state index contributed by atoms with van der Waals surface area (Å²) in [5.74, 6) is 0.744. The smallest absolute Gasteiger partial charge is 0.190 e. The molecule has 0 aliphatic carbocycles. The van der Waals surface area contributed by atoms with E-state index >= 15 is 0 Å². The predicted molar refractivity (Wildman–Crippen MR) is 102 cm³/mol. The van der Waals surface area contributed by atoms with E-state index in [2.05, 4.69) is 21.4 Å². The second kappa shape index (κ2) is 6.78. The monoisotopic (exact) mass is 358 g/mol. The van der Waals surface area contributed by atoms with Crippen LogP contribution in [0.5, 0.6) is 0 Å². The van der Waals surface area contributed by atoms with Crippen LogP contribution in [-0.4, -0.2) is 19.5 Å². The Balaban J connectivity index is 1.79. The van der Waals surface area contributed by atoms with E-state index in [-0.39, 0.29) is 0 Å². The second-order valence-electron chi connectivity index (χ2n) is 5.62. The lowest BCUT2D eigenvalue weighted by atomic mass is 10.1. The Hall–Kier alpha value is -3.50. The van der Waals surface area contributed by atoms with Gasteiger partial charge in [0.25, 0.3) is 0 Å². The van der Waals surface area contributed by atoms with Crippen LogP contribution in [0.15, 0.2) is 61.2 Å². The van der Waals surface area contributed by atoms with Gasteiger partial charge >= 0.3 is 0 Å². The molecule has 0 aliphatic heterocycles. The largest absolute Gasteiger partial charge is 0.316 e. The molecule has 0 radical (unpaired) electrons. The van der Waals surface area contributed by atoms with Crippen molar-refractivity contribution in [1.29, 1.82) is 5.26 Å². The summed E-state index contributed by atoms with van der Waals surface area (Å²) in [5.41, 5.74) is 3.21. The highest BCUT2D eigenvalue weighted by molar-refractivity contribution is 7.18. The highest BCUT2D eigenvalue weighted by Gasteiger charge is 2.15. The van der Waals surface area contributed by atoms with E-state index in [9.17, 15) is 5.26 Å². The van der Waals surface area contributed by atoms with Gasteiger partial charge in [0.2, 0.25) is 0 Å². The number of hydrogen-bond acceptors (Lipinski definition) is 6. The molecule has 1 N–H and O–H groups in total. The van der Waals surface area contributed by atoms with Crippen molar-refractivity contribution in [3.63, 3.8) is 0 Å². The van der Waals surface area contributed by atoms with Crippen molar-refractivity contribution >= 4 is 22.3 Å². The van der Waals surface area contributed by atoms with Gasteiger partial charge in [0.05, 0.1) is 18.0 Å². The molecule has 3 aromatic heterocycles. The number of benzene rings is 1. The maximum Gasteiger partial charge on any atom is 0.190 e. The Morgan fingerprint density at radius 1 is 1.15 bits per heavy atom. The molecule has 7 heteroatoms. The zero-order chi connectivity index (χ0) is 17.9. The molecule has 4 rings (SSSR count). The van der Waals surface area contributed by atoms with Gasteiger partial charge in [-0.3, -0.25) is 4.57 Å². The third kappa shape index (κ3) is 3.18. The van der Waals surface area contributed by atoms with Crippen LogP contribution < -0.4 is 5.32 Å². The van der Waals surface area contributed by atoms with Gasteiger partial charge in [-0.25, -0.2) is 15.0 Å². The quantitative estimate of drug-likeness (QED) is 0.588. The molecule has 4 aromatic rings. The molecule has 3 heterocycles. The fourth-order valence-corrected chi connectivity index (χ4v) is 3.52. The average molecular weight is 358 g/mol. The number of nitrogens with zero attached hydrogens (tertiary/aromatic N) is 5. The maximum absolute atomic E-state index is 9.18. The molecule has 0 aliphatic rings. The minimum Gasteiger partial charge on any atom is -0.316 e. The fraction of sp³-hybridized carbons (Fsp3) is 0.0526. The first-order valence-electron chi connectivity index (χ1n) is 7.93. The van der Waals surface area contributed by atoms with Gasteiger partial charge in [-0.1, -0.05) is 29.5 Å². The SMILES string of the molecule is Cc1cccc(Nc2nc(-c3cccc(C#N)c3)c(-n3ccnc3)s2)n1. The molecule has 0 spiro atoms. The number of hydrogen-bond donors (Lipinski definition) is 1. The first kappa shape index (κ1) is 16.0. The summed E-state index contributed by atoms with van der Waals surface area (Å²) >= 11 is 1.50. The molecule has 0 atom stereocenters. The molecule has 126 valence electrons. The number of imidazole rings is 1. The first-order chi connectivity index (χ1) is 12.7. The predicted octanol–water partition coefficient (Wildman–Crippen LogP) is 4.31. The van der Waals surface area contributed by atoms with Crippen molar-refractivity contribution in [1.82, 2.24) is 19.5 Å². The number of aryl methyl sites for hydroxylation is 1. The Morgan fingerprint density at radius 2 is 2.04 bits per heavy atom. The average Bonchev–Trinajstić information content (AvgIpc) is 3.31. The maximum atomic E-state index is 9.18. The summed E-state index contributed by atoms with van der Waals surface area (Å²) in [4.78, 5) is 13.3. The summed E-state index contributed by atoms with van der Waals surface area (Å²) < 4.78 is 1.92. The molecule has 26 heavy (non-hydrogen) atoms. The topological polar surface area (TPSA) is 79.4 Å². The Morgan fingerprint density at radius 3 is 2.81 bits per heavy atom. The Bertz CT molecular complexity index is 1090. The van der Waals surface area contributed by atoms with Crippen molar-refractivity contribution in [2.45, 2.75) is 6.92 Å². The normalized spacial score (nSPS) is 10.5. The van der Waals surface area contributed by atoms with Crippen LogP contribution in [-0.2, 0) is 0 Å². The molecular formula is C19H14N6S. The molecule has 0 saturated heterocycles. The molecule has 0 amide bonds. The van der Waals surface area contributed by atoms with Crippen LogP contribution in [0, 0.1) is 18.3 Å². The lowest BCUT2D eigenvalue weighted by Crippen LogP contribution is -1.94. The van der Waals surface area contributed by atoms with Crippen molar-refractivity contribution < 1.29 is 0 Å². The number of nitrogens with one attached hydrogen (secondary N) is 1. The van der Waals surface area contributed by atoms with Crippen LogP contribution in [0.4, 0.5) is 10.9 Å².